The van der Waals surface area contributed by atoms with Gasteiger partial charge in [-0.15, -0.1) is 11.3 Å². The van der Waals surface area contributed by atoms with E-state index in [9.17, 15) is 32.1 Å². The molecule has 1 aromatic rings. The van der Waals surface area contributed by atoms with Crippen LogP contribution in [-0.2, 0) is 29.5 Å². The van der Waals surface area contributed by atoms with Gasteiger partial charge in [0.25, 0.3) is 17.1 Å². The zero-order chi connectivity index (χ0) is 24.8. The molecule has 7 N–H and O–H groups in total. The summed E-state index contributed by atoms with van der Waals surface area (Å²) in [6.45, 7) is -1.29. The molecule has 1 saturated heterocycles. The highest BCUT2D eigenvalue weighted by Gasteiger charge is 2.54. The number of nitrogens with one attached hydrogen (secondary N) is 2. The SMILES string of the molecule is Nc1nc(/C(=N/OCC(=O)O)C(=O)N[C@@H]2C(=O)N(S(=O)(=O)O)[C@@H]2CSC(=O)NCCO)cs1. The number of hydrogen-bond acceptors (Lipinski definition) is 13. The molecule has 19 heteroatoms. The number of aliphatic hydroxyl groups excluding tert-OH is 1. The number of nitrogens with two attached hydrogens (primary N) is 1. The van der Waals surface area contributed by atoms with Crippen LogP contribution in [0.1, 0.15) is 5.69 Å². The van der Waals surface area contributed by atoms with E-state index in [2.05, 4.69) is 25.6 Å². The van der Waals surface area contributed by atoms with Crippen molar-refractivity contribution < 1.29 is 47.2 Å². The van der Waals surface area contributed by atoms with Crippen LogP contribution >= 0.6 is 23.1 Å². The highest BCUT2D eigenvalue weighted by atomic mass is 32.2. The Morgan fingerprint density at radius 1 is 1.39 bits per heavy atom. The lowest BCUT2D eigenvalue weighted by Gasteiger charge is -2.43. The molecule has 182 valence electrons. The number of aliphatic carboxylic acids is 1. The quantitative estimate of drug-likeness (QED) is 0.0753. The number of thioether (sulfide) groups is 1. The molecular formula is C14H18N6O10S3. The van der Waals surface area contributed by atoms with E-state index in [4.69, 9.17) is 15.9 Å². The van der Waals surface area contributed by atoms with Gasteiger partial charge < -0.3 is 31.4 Å². The largest absolute Gasteiger partial charge is 0.479 e. The van der Waals surface area contributed by atoms with Crippen LogP contribution in [0, 0.1) is 0 Å². The number of nitrogen functional groups attached to an aromatic ring is 1. The number of thiazole rings is 1. The molecule has 0 aliphatic carbocycles. The van der Waals surface area contributed by atoms with Crippen molar-refractivity contribution in [3.05, 3.63) is 11.1 Å². The Bertz CT molecular complexity index is 1060. The van der Waals surface area contributed by atoms with Crippen molar-refractivity contribution >= 4 is 67.3 Å². The molecule has 1 aliphatic rings. The highest BCUT2D eigenvalue weighted by Crippen LogP contribution is 2.27. The zero-order valence-electron chi connectivity index (χ0n) is 16.4. The fraction of sp³-hybridized carbons (Fsp3) is 0.429. The number of amides is 3. The summed E-state index contributed by atoms with van der Waals surface area (Å²) in [5.41, 5.74) is 4.87. The maximum absolute atomic E-state index is 12.7. The summed E-state index contributed by atoms with van der Waals surface area (Å²) in [6, 6.07) is -2.83. The van der Waals surface area contributed by atoms with Gasteiger partial charge in [0.2, 0.25) is 6.61 Å². The van der Waals surface area contributed by atoms with Gasteiger partial charge >= 0.3 is 16.3 Å². The minimum Gasteiger partial charge on any atom is -0.479 e. The Balaban J connectivity index is 2.20. The number of carbonyl (C=O) groups excluding carboxylic acids is 3. The normalized spacial score (nSPS) is 18.4. The first-order valence-corrected chi connectivity index (χ1v) is 12.0. The predicted molar refractivity (Wildman–Crippen MR) is 114 cm³/mol. The van der Waals surface area contributed by atoms with Gasteiger partial charge in [-0.2, -0.15) is 8.42 Å². The van der Waals surface area contributed by atoms with Gasteiger partial charge in [0.1, 0.15) is 11.7 Å². The first-order valence-electron chi connectivity index (χ1n) is 8.71. The summed E-state index contributed by atoms with van der Waals surface area (Å²) in [7, 11) is -4.99. The van der Waals surface area contributed by atoms with Crippen LogP contribution in [0.4, 0.5) is 9.93 Å². The number of carboxylic acids is 1. The topological polar surface area (TPSA) is 251 Å². The van der Waals surface area contributed by atoms with E-state index in [1.807, 2.05) is 0 Å². The Morgan fingerprint density at radius 2 is 2.09 bits per heavy atom. The number of rotatable bonds is 11. The van der Waals surface area contributed by atoms with E-state index < -0.39 is 57.7 Å². The lowest BCUT2D eigenvalue weighted by atomic mass is 10.0. The Kier molecular flexibility index (Phi) is 8.93. The zero-order valence-corrected chi connectivity index (χ0v) is 18.9. The van der Waals surface area contributed by atoms with Gasteiger partial charge in [-0.1, -0.05) is 16.9 Å². The van der Waals surface area contributed by atoms with Crippen molar-refractivity contribution in [2.45, 2.75) is 12.1 Å². The molecule has 0 unspecified atom stereocenters. The Morgan fingerprint density at radius 3 is 2.64 bits per heavy atom. The van der Waals surface area contributed by atoms with Crippen molar-refractivity contribution in [3.8, 4) is 0 Å². The van der Waals surface area contributed by atoms with Gasteiger partial charge in [0.15, 0.2) is 10.8 Å². The van der Waals surface area contributed by atoms with Crippen LogP contribution in [0.15, 0.2) is 10.5 Å². The lowest BCUT2D eigenvalue weighted by Crippen LogP contribution is -2.73. The predicted octanol–water partition coefficient (Wildman–Crippen LogP) is -2.54. The summed E-state index contributed by atoms with van der Waals surface area (Å²) in [6.07, 6.45) is 0. The fourth-order valence-electron chi connectivity index (χ4n) is 2.46. The molecule has 2 heterocycles. The molecule has 0 aromatic carbocycles. The van der Waals surface area contributed by atoms with E-state index in [0.717, 1.165) is 11.3 Å². The number of anilines is 1. The van der Waals surface area contributed by atoms with Crippen molar-refractivity contribution in [1.82, 2.24) is 19.9 Å². The molecule has 2 atom stereocenters. The number of carboxylic acid groups (broad SMARTS) is 1. The monoisotopic (exact) mass is 526 g/mol. The van der Waals surface area contributed by atoms with Gasteiger partial charge in [-0.05, 0) is 0 Å². The van der Waals surface area contributed by atoms with E-state index in [-0.39, 0.29) is 34.0 Å². The van der Waals surface area contributed by atoms with Crippen molar-refractivity contribution in [2.75, 3.05) is 31.2 Å². The highest BCUT2D eigenvalue weighted by molar-refractivity contribution is 8.13. The van der Waals surface area contributed by atoms with Crippen molar-refractivity contribution in [3.63, 3.8) is 0 Å². The molecule has 1 aliphatic heterocycles. The van der Waals surface area contributed by atoms with E-state index in [0.29, 0.717) is 11.8 Å². The van der Waals surface area contributed by atoms with Crippen molar-refractivity contribution in [2.24, 2.45) is 5.16 Å². The lowest BCUT2D eigenvalue weighted by molar-refractivity contribution is -0.143. The van der Waals surface area contributed by atoms with Crippen LogP contribution in [0.5, 0.6) is 0 Å². The second kappa shape index (κ2) is 11.2. The number of oxime groups is 1. The summed E-state index contributed by atoms with van der Waals surface area (Å²) < 4.78 is 32.5. The average Bonchev–Trinajstić information content (AvgIpc) is 3.14. The van der Waals surface area contributed by atoms with E-state index >= 15 is 0 Å². The molecule has 2 rings (SSSR count). The number of nitrogens with zero attached hydrogens (tertiary/aromatic N) is 3. The third-order valence-electron chi connectivity index (χ3n) is 3.79. The fourth-order valence-corrected chi connectivity index (χ4v) is 4.85. The maximum Gasteiger partial charge on any atom is 0.362 e. The molecule has 1 aromatic heterocycles. The molecule has 0 bridgehead atoms. The van der Waals surface area contributed by atoms with Gasteiger partial charge in [-0.25, -0.2) is 14.1 Å². The minimum absolute atomic E-state index is 0.0455. The summed E-state index contributed by atoms with van der Waals surface area (Å²) in [4.78, 5) is 55.7. The van der Waals surface area contributed by atoms with Crippen LogP contribution in [-0.4, -0.2) is 98.8 Å². The second-order valence-electron chi connectivity index (χ2n) is 6.06. The maximum atomic E-state index is 12.7. The minimum atomic E-state index is -4.99. The first kappa shape index (κ1) is 26.3. The van der Waals surface area contributed by atoms with Gasteiger partial charge in [-0.3, -0.25) is 18.9 Å². The summed E-state index contributed by atoms with van der Waals surface area (Å²) in [5.74, 6) is -4.00. The molecule has 0 saturated carbocycles. The van der Waals surface area contributed by atoms with Crippen LogP contribution in [0.25, 0.3) is 0 Å². The van der Waals surface area contributed by atoms with Gasteiger partial charge in [0, 0.05) is 17.7 Å². The molecule has 3 amide bonds. The molecule has 1 fully saturated rings. The van der Waals surface area contributed by atoms with Gasteiger partial charge in [0.05, 0.1) is 12.6 Å². The van der Waals surface area contributed by atoms with Crippen molar-refractivity contribution in [1.29, 1.82) is 0 Å². The first-order chi connectivity index (χ1) is 15.5. The standard InChI is InChI=1S/C14H18N6O10S3/c15-13-17-6(4-31-13)9(19-30-3-8(22)23)11(24)18-10-7(5-32-14(26)16-1-2-21)20(12(10)25)33(27,28)29/h4,7,10,21H,1-3,5H2,(H2,15,17)(H,16,26)(H,18,24)(H,22,23)(H,27,28,29)/b19-9-/t7-,10+/m1/s1. The molecule has 0 spiro atoms. The smallest absolute Gasteiger partial charge is 0.362 e. The third-order valence-corrected chi connectivity index (χ3v) is 6.33. The Labute approximate surface area is 194 Å². The van der Waals surface area contributed by atoms with Crippen LogP contribution in [0.3, 0.4) is 0 Å². The Hall–Kier alpha value is -3.00. The van der Waals surface area contributed by atoms with E-state index in [1.165, 1.54) is 5.38 Å². The summed E-state index contributed by atoms with van der Waals surface area (Å²) >= 11 is 1.48. The number of hydrogen-bond donors (Lipinski definition) is 6. The number of β-lactam (4-membered cyclic amide) rings is 1. The molecular weight excluding hydrogens is 508 g/mol. The number of carbonyl (C=O) groups is 4. The number of aliphatic hydroxyl groups is 1. The molecule has 33 heavy (non-hydrogen) atoms. The van der Waals surface area contributed by atoms with Crippen LogP contribution < -0.4 is 16.4 Å². The second-order valence-corrected chi connectivity index (χ2v) is 9.23. The number of aromatic nitrogens is 1. The molecule has 0 radical (unpaired) electrons. The summed E-state index contributed by atoms with van der Waals surface area (Å²) in [5, 5.41) is 26.0. The molecule has 16 nitrogen and oxygen atoms in total. The third kappa shape index (κ3) is 6.99. The average molecular weight is 527 g/mol. The van der Waals surface area contributed by atoms with E-state index in [1.54, 1.807) is 0 Å². The van der Waals surface area contributed by atoms with Crippen LogP contribution in [0.2, 0.25) is 0 Å².